The van der Waals surface area contributed by atoms with Crippen molar-refractivity contribution in [1.29, 1.82) is 0 Å². The first-order valence-corrected chi connectivity index (χ1v) is 12.1. The van der Waals surface area contributed by atoms with E-state index in [9.17, 15) is 18.0 Å². The summed E-state index contributed by atoms with van der Waals surface area (Å²) in [5.74, 6) is 1.20. The maximum atomic E-state index is 13.5. The summed E-state index contributed by atoms with van der Waals surface area (Å²) in [6.07, 6.45) is 4.79. The van der Waals surface area contributed by atoms with Crippen LogP contribution in [-0.2, 0) is 6.18 Å². The lowest BCUT2D eigenvalue weighted by Crippen LogP contribution is -2.27. The van der Waals surface area contributed by atoms with E-state index in [2.05, 4.69) is 4.98 Å². The van der Waals surface area contributed by atoms with E-state index in [4.69, 9.17) is 9.47 Å². The molecule has 2 aromatic heterocycles. The van der Waals surface area contributed by atoms with Crippen molar-refractivity contribution in [2.75, 3.05) is 7.11 Å². The van der Waals surface area contributed by atoms with E-state index in [-0.39, 0.29) is 17.2 Å². The van der Waals surface area contributed by atoms with Gasteiger partial charge in [0.25, 0.3) is 5.65 Å². The van der Waals surface area contributed by atoms with Gasteiger partial charge in [-0.3, -0.25) is 0 Å². The van der Waals surface area contributed by atoms with Crippen molar-refractivity contribution in [3.05, 3.63) is 94.0 Å². The topological polar surface area (TPSA) is 54.1 Å². The lowest BCUT2D eigenvalue weighted by molar-refractivity contribution is -0.352. The van der Waals surface area contributed by atoms with Crippen LogP contribution in [-0.4, -0.2) is 17.6 Å². The van der Waals surface area contributed by atoms with Gasteiger partial charge in [0, 0.05) is 11.6 Å². The van der Waals surface area contributed by atoms with Gasteiger partial charge in [0.05, 0.1) is 25.0 Å². The number of benzene rings is 2. The molecule has 2 heterocycles. The van der Waals surface area contributed by atoms with E-state index < -0.39 is 17.3 Å². The van der Waals surface area contributed by atoms with Gasteiger partial charge < -0.3 is 9.47 Å². The third-order valence-electron chi connectivity index (χ3n) is 6.55. The number of hydrogen-bond acceptors (Lipinski definition) is 3. The fraction of sp³-hybridized carbons (Fsp3) is 0.241. The number of methoxy groups -OCH3 is 1. The molecule has 0 saturated heterocycles. The summed E-state index contributed by atoms with van der Waals surface area (Å²) in [6, 6.07) is 15.5. The van der Waals surface area contributed by atoms with Crippen LogP contribution in [0.4, 0.5) is 13.2 Å². The quantitative estimate of drug-likeness (QED) is 0.308. The maximum absolute atomic E-state index is 13.5. The minimum Gasteiger partial charge on any atom is -0.493 e. The number of alkyl halides is 3. The number of aromatic amines is 1. The highest BCUT2D eigenvalue weighted by Crippen LogP contribution is 2.36. The van der Waals surface area contributed by atoms with Gasteiger partial charge >= 0.3 is 11.7 Å². The van der Waals surface area contributed by atoms with Crippen molar-refractivity contribution >= 4 is 17.8 Å². The van der Waals surface area contributed by atoms with Gasteiger partial charge in [-0.05, 0) is 67.7 Å². The van der Waals surface area contributed by atoms with E-state index in [1.807, 2.05) is 18.2 Å². The smallest absolute Gasteiger partial charge is 0.416 e. The van der Waals surface area contributed by atoms with E-state index in [0.29, 0.717) is 22.8 Å². The SMILES string of the molecule is COc1cccc(/C=C/c2[nH+]c3ccccn3c(=O)c2-c2cccc(C(F)(F)F)c2)c1OC1CCCC1. The predicted octanol–water partition coefficient (Wildman–Crippen LogP) is 6.30. The molecule has 190 valence electrons. The molecular formula is C29H26F3N2O3+. The molecule has 1 N–H and O–H groups in total. The Balaban J connectivity index is 1.65. The number of fused-ring (bicyclic) bond motifs is 1. The molecule has 0 aliphatic heterocycles. The number of aromatic nitrogens is 2. The molecule has 1 fully saturated rings. The molecule has 0 spiro atoms. The van der Waals surface area contributed by atoms with Crippen LogP contribution in [0.15, 0.2) is 71.7 Å². The molecule has 4 aromatic rings. The minimum atomic E-state index is -4.53. The summed E-state index contributed by atoms with van der Waals surface area (Å²) in [6.45, 7) is 0. The number of halogens is 3. The molecule has 5 nitrogen and oxygen atoms in total. The van der Waals surface area contributed by atoms with Crippen LogP contribution in [0.1, 0.15) is 42.5 Å². The lowest BCUT2D eigenvalue weighted by Gasteiger charge is -2.18. The van der Waals surface area contributed by atoms with Gasteiger partial charge in [-0.25, -0.2) is 9.78 Å². The van der Waals surface area contributed by atoms with Crippen molar-refractivity contribution in [3.8, 4) is 22.6 Å². The zero-order chi connectivity index (χ0) is 26.0. The molecule has 8 heteroatoms. The molecule has 1 aliphatic rings. The summed E-state index contributed by atoms with van der Waals surface area (Å²) < 4.78 is 53.6. The third-order valence-corrected chi connectivity index (χ3v) is 6.55. The Labute approximate surface area is 211 Å². The van der Waals surface area contributed by atoms with E-state index in [1.54, 1.807) is 43.7 Å². The third kappa shape index (κ3) is 5.09. The first-order valence-electron chi connectivity index (χ1n) is 12.1. The monoisotopic (exact) mass is 507 g/mol. The van der Waals surface area contributed by atoms with Crippen molar-refractivity contribution in [2.24, 2.45) is 0 Å². The summed E-state index contributed by atoms with van der Waals surface area (Å²) in [5, 5.41) is 0. The van der Waals surface area contributed by atoms with E-state index >= 15 is 0 Å². The molecule has 0 atom stereocenters. The zero-order valence-corrected chi connectivity index (χ0v) is 20.2. The number of ether oxygens (including phenoxy) is 2. The molecule has 0 bridgehead atoms. The number of pyridine rings is 1. The van der Waals surface area contributed by atoms with Gasteiger partial charge in [-0.1, -0.05) is 30.3 Å². The Morgan fingerprint density at radius 3 is 2.54 bits per heavy atom. The summed E-state index contributed by atoms with van der Waals surface area (Å²) in [7, 11) is 1.58. The van der Waals surface area contributed by atoms with Crippen molar-refractivity contribution in [3.63, 3.8) is 0 Å². The second-order valence-electron chi connectivity index (χ2n) is 8.99. The summed E-state index contributed by atoms with van der Waals surface area (Å²) >= 11 is 0. The summed E-state index contributed by atoms with van der Waals surface area (Å²) in [5.41, 5.74) is 0.678. The van der Waals surface area contributed by atoms with Crippen molar-refractivity contribution in [2.45, 2.75) is 38.0 Å². The van der Waals surface area contributed by atoms with Crippen LogP contribution in [0.25, 0.3) is 28.9 Å². The molecule has 5 rings (SSSR count). The zero-order valence-electron chi connectivity index (χ0n) is 20.2. The fourth-order valence-electron chi connectivity index (χ4n) is 4.71. The van der Waals surface area contributed by atoms with Gasteiger partial charge in [0.15, 0.2) is 11.5 Å². The van der Waals surface area contributed by atoms with Crippen molar-refractivity contribution in [1.82, 2.24) is 4.40 Å². The van der Waals surface area contributed by atoms with Crippen LogP contribution >= 0.6 is 0 Å². The number of nitrogens with zero attached hydrogens (tertiary/aromatic N) is 1. The molecule has 0 unspecified atom stereocenters. The normalized spacial score (nSPS) is 14.5. The number of hydrogen-bond donors (Lipinski definition) is 0. The number of para-hydroxylation sites is 1. The fourth-order valence-corrected chi connectivity index (χ4v) is 4.71. The highest BCUT2D eigenvalue weighted by atomic mass is 19.4. The Morgan fingerprint density at radius 2 is 1.78 bits per heavy atom. The maximum Gasteiger partial charge on any atom is 0.416 e. The molecule has 1 saturated carbocycles. The Kier molecular flexibility index (Phi) is 6.74. The van der Waals surface area contributed by atoms with Crippen LogP contribution < -0.4 is 20.0 Å². The van der Waals surface area contributed by atoms with Crippen molar-refractivity contribution < 1.29 is 27.6 Å². The molecule has 2 aromatic carbocycles. The first kappa shape index (κ1) is 24.6. The average molecular weight is 508 g/mol. The largest absolute Gasteiger partial charge is 0.493 e. The highest BCUT2D eigenvalue weighted by molar-refractivity contribution is 5.80. The standard InChI is InChI=1S/C29H25F3N2O3/c1-36-24-13-7-8-19(27(24)37-22-11-2-3-12-22)15-16-23-26(20-9-6-10-21(18-20)29(30,31)32)28(35)34-17-5-4-14-25(34)33-23/h4-10,13-18,22H,2-3,11-12H2,1H3/p+1/b16-15+. The van der Waals surface area contributed by atoms with Gasteiger partial charge in [-0.15, -0.1) is 0 Å². The summed E-state index contributed by atoms with van der Waals surface area (Å²) in [4.78, 5) is 16.7. The van der Waals surface area contributed by atoms with Crippen LogP contribution in [0.3, 0.4) is 0 Å². The van der Waals surface area contributed by atoms with Crippen LogP contribution in [0.2, 0.25) is 0 Å². The second kappa shape index (κ2) is 10.1. The van der Waals surface area contributed by atoms with Crippen LogP contribution in [0.5, 0.6) is 11.5 Å². The average Bonchev–Trinajstić information content (AvgIpc) is 3.41. The van der Waals surface area contributed by atoms with Gasteiger partial charge in [-0.2, -0.15) is 17.6 Å². The lowest BCUT2D eigenvalue weighted by atomic mass is 10.0. The Bertz CT molecular complexity index is 1520. The Hall–Kier alpha value is -4.07. The van der Waals surface area contributed by atoms with E-state index in [1.165, 1.54) is 16.5 Å². The molecule has 37 heavy (non-hydrogen) atoms. The minimum absolute atomic E-state index is 0.0981. The second-order valence-corrected chi connectivity index (χ2v) is 8.99. The first-order chi connectivity index (χ1) is 17.8. The van der Waals surface area contributed by atoms with Gasteiger partial charge in [0.2, 0.25) is 0 Å². The highest BCUT2D eigenvalue weighted by Gasteiger charge is 2.31. The predicted molar refractivity (Wildman–Crippen MR) is 135 cm³/mol. The number of H-pyrrole nitrogens is 1. The van der Waals surface area contributed by atoms with E-state index in [0.717, 1.165) is 43.4 Å². The van der Waals surface area contributed by atoms with Crippen LogP contribution in [0, 0.1) is 0 Å². The van der Waals surface area contributed by atoms with Gasteiger partial charge in [0.1, 0.15) is 11.3 Å². The molecule has 0 amide bonds. The number of nitrogens with one attached hydrogen (secondary N) is 1. The molecule has 1 aliphatic carbocycles. The molecule has 0 radical (unpaired) electrons. The number of rotatable bonds is 6. The Morgan fingerprint density at radius 1 is 1.00 bits per heavy atom. The molecular weight excluding hydrogens is 481 g/mol.